The molecule has 0 saturated carbocycles. The normalized spacial score (nSPS) is 15.2. The number of fused-ring (bicyclic) bond motifs is 6. The first-order valence-corrected chi connectivity index (χ1v) is 14.2. The summed E-state index contributed by atoms with van der Waals surface area (Å²) in [6, 6.07) is 19.2. The van der Waals surface area contributed by atoms with E-state index in [0.717, 1.165) is 11.1 Å². The summed E-state index contributed by atoms with van der Waals surface area (Å²) >= 11 is 0. The van der Waals surface area contributed by atoms with Gasteiger partial charge in [-0.2, -0.15) is 0 Å². The minimum Gasteiger partial charge on any atom is -0.507 e. The molecule has 4 bridgehead atoms. The van der Waals surface area contributed by atoms with E-state index < -0.39 is 0 Å². The van der Waals surface area contributed by atoms with Crippen LogP contribution in [0.25, 0.3) is 22.0 Å². The molecule has 3 aromatic carbocycles. The number of carbonyl (C=O) groups excluding carboxylic acids is 3. The summed E-state index contributed by atoms with van der Waals surface area (Å²) in [5, 5.41) is 17.0. The third kappa shape index (κ3) is 6.68. The Hall–Kier alpha value is -4.92. The third-order valence-corrected chi connectivity index (χ3v) is 7.47. The predicted molar refractivity (Wildman–Crippen MR) is 162 cm³/mol. The lowest BCUT2D eigenvalue weighted by molar-refractivity contribution is -0.121. The highest BCUT2D eigenvalue weighted by molar-refractivity contribution is 6.06. The number of rotatable bonds is 1. The van der Waals surface area contributed by atoms with E-state index in [0.29, 0.717) is 78.6 Å². The largest absolute Gasteiger partial charge is 0.507 e. The molecule has 5 rings (SSSR count). The highest BCUT2D eigenvalue weighted by Gasteiger charge is 2.20. The van der Waals surface area contributed by atoms with Gasteiger partial charge in [-0.05, 0) is 73.7 Å². The molecular weight excluding hydrogens is 532 g/mol. The Bertz CT molecular complexity index is 1710. The first-order chi connectivity index (χ1) is 20.3. The number of nitrogens with one attached hydrogen (secondary N) is 3. The zero-order valence-electron chi connectivity index (χ0n) is 23.5. The molecule has 4 aromatic rings. The summed E-state index contributed by atoms with van der Waals surface area (Å²) in [6.45, 7) is 3.33. The van der Waals surface area contributed by atoms with Crippen LogP contribution in [0.2, 0.25) is 0 Å². The molecule has 0 aliphatic carbocycles. The highest BCUT2D eigenvalue weighted by atomic mass is 16.3. The number of carbonyl (C=O) groups is 3. The molecule has 9 heteroatoms. The third-order valence-electron chi connectivity index (χ3n) is 7.47. The first kappa shape index (κ1) is 28.6. The number of hydrogen-bond acceptors (Lipinski definition) is 5. The van der Waals surface area contributed by atoms with Crippen LogP contribution in [-0.4, -0.2) is 58.9 Å². The zero-order chi connectivity index (χ0) is 29.6. The summed E-state index contributed by atoms with van der Waals surface area (Å²) < 4.78 is 0. The van der Waals surface area contributed by atoms with E-state index in [2.05, 4.69) is 15.6 Å². The molecule has 1 aliphatic heterocycles. The van der Waals surface area contributed by atoms with Gasteiger partial charge in [-0.25, -0.2) is 0 Å². The number of aromatic hydroxyl groups is 1. The van der Waals surface area contributed by atoms with Gasteiger partial charge in [-0.1, -0.05) is 29.8 Å². The molecule has 9 nitrogen and oxygen atoms in total. The molecule has 0 saturated heterocycles. The van der Waals surface area contributed by atoms with Crippen LogP contribution in [0.1, 0.15) is 51.1 Å². The fraction of sp³-hybridized carbons (Fsp3) is 0.273. The van der Waals surface area contributed by atoms with E-state index >= 15 is 0 Å². The van der Waals surface area contributed by atoms with Gasteiger partial charge in [0, 0.05) is 60.7 Å². The molecule has 3 amide bonds. The van der Waals surface area contributed by atoms with Gasteiger partial charge >= 0.3 is 0 Å². The Labute approximate surface area is 243 Å². The molecule has 42 heavy (non-hydrogen) atoms. The molecule has 1 aromatic heterocycles. The summed E-state index contributed by atoms with van der Waals surface area (Å²) in [5.74, 6) is -0.550. The fourth-order valence-electron chi connectivity index (χ4n) is 5.27. The van der Waals surface area contributed by atoms with Crippen molar-refractivity contribution in [2.45, 2.75) is 32.6 Å². The zero-order valence-corrected chi connectivity index (χ0v) is 23.5. The average Bonchev–Trinajstić information content (AvgIpc) is 2.98. The summed E-state index contributed by atoms with van der Waals surface area (Å²) in [6.07, 6.45) is 1.73. The van der Waals surface area contributed by atoms with E-state index in [-0.39, 0.29) is 35.5 Å². The van der Waals surface area contributed by atoms with Crippen LogP contribution in [0.3, 0.4) is 0 Å². The lowest BCUT2D eigenvalue weighted by Crippen LogP contribution is -2.36. The standard InChI is InChI=1S/C33H34N4O5/c1-21-8-10-28-26(17-21)27(20-31(40)36-28)33(42)37-15-3-7-30(39)34-14-12-22-9-11-29(38)25(18-22)23-5-2-6-24(19-23)32(41)35-13-4-16-37/h2,5-6,8-11,17-20,38H,3-4,7,12-16H2,1H3,(H,34,39)(H,35,41)(H,36,40). The smallest absolute Gasteiger partial charge is 0.254 e. The number of phenolic OH excluding ortho intramolecular Hbond substituents is 1. The van der Waals surface area contributed by atoms with Crippen LogP contribution in [0, 0.1) is 6.92 Å². The number of aromatic nitrogens is 1. The number of pyridine rings is 1. The monoisotopic (exact) mass is 566 g/mol. The Morgan fingerprint density at radius 3 is 2.50 bits per heavy atom. The van der Waals surface area contributed by atoms with Crippen molar-refractivity contribution in [2.75, 3.05) is 26.2 Å². The topological polar surface area (TPSA) is 132 Å². The van der Waals surface area contributed by atoms with Crippen LogP contribution in [0.4, 0.5) is 0 Å². The SMILES string of the molecule is Cc1ccc2[nH]c(=O)cc(C(=O)N3CCCNC(=O)c4cccc(c4)-c4cc(ccc4O)CCNC(=O)CCC3)c2c1. The Kier molecular flexibility index (Phi) is 8.66. The predicted octanol–water partition coefficient (Wildman–Crippen LogP) is 3.92. The fourth-order valence-corrected chi connectivity index (χ4v) is 5.27. The summed E-state index contributed by atoms with van der Waals surface area (Å²) in [4.78, 5) is 56.2. The molecule has 4 N–H and O–H groups in total. The molecule has 2 heterocycles. The van der Waals surface area contributed by atoms with Gasteiger partial charge in [0.15, 0.2) is 0 Å². The van der Waals surface area contributed by atoms with Crippen LogP contribution in [-0.2, 0) is 11.2 Å². The van der Waals surface area contributed by atoms with Crippen molar-refractivity contribution >= 4 is 28.6 Å². The first-order valence-electron chi connectivity index (χ1n) is 14.2. The Morgan fingerprint density at radius 1 is 0.833 bits per heavy atom. The van der Waals surface area contributed by atoms with Crippen molar-refractivity contribution in [3.8, 4) is 16.9 Å². The second kappa shape index (κ2) is 12.7. The minimum absolute atomic E-state index is 0.110. The average molecular weight is 567 g/mol. The highest BCUT2D eigenvalue weighted by Crippen LogP contribution is 2.31. The van der Waals surface area contributed by atoms with Gasteiger partial charge < -0.3 is 25.6 Å². The number of benzene rings is 3. The maximum Gasteiger partial charge on any atom is 0.254 e. The number of aryl methyl sites for hydroxylation is 1. The van der Waals surface area contributed by atoms with E-state index in [9.17, 15) is 24.3 Å². The van der Waals surface area contributed by atoms with E-state index in [1.807, 2.05) is 37.3 Å². The Balaban J connectivity index is 1.39. The number of phenols is 1. The van der Waals surface area contributed by atoms with E-state index in [1.54, 1.807) is 35.2 Å². The maximum absolute atomic E-state index is 13.8. The van der Waals surface area contributed by atoms with Crippen molar-refractivity contribution in [3.63, 3.8) is 0 Å². The molecular formula is C33H34N4O5. The molecule has 1 aliphatic rings. The lowest BCUT2D eigenvalue weighted by atomic mass is 9.98. The number of nitrogens with zero attached hydrogens (tertiary/aromatic N) is 1. The molecule has 0 atom stereocenters. The molecule has 0 spiro atoms. The number of aromatic amines is 1. The summed E-state index contributed by atoms with van der Waals surface area (Å²) in [5.41, 5.74) is 4.22. The second-order valence-corrected chi connectivity index (χ2v) is 10.6. The van der Waals surface area contributed by atoms with Gasteiger partial charge in [-0.15, -0.1) is 0 Å². The number of hydrogen-bond donors (Lipinski definition) is 4. The van der Waals surface area contributed by atoms with Crippen LogP contribution >= 0.6 is 0 Å². The van der Waals surface area contributed by atoms with Crippen molar-refractivity contribution < 1.29 is 19.5 Å². The van der Waals surface area contributed by atoms with Crippen molar-refractivity contribution in [3.05, 3.63) is 99.3 Å². The van der Waals surface area contributed by atoms with Crippen LogP contribution < -0.4 is 16.2 Å². The number of amides is 3. The van der Waals surface area contributed by atoms with E-state index in [4.69, 9.17) is 0 Å². The van der Waals surface area contributed by atoms with Gasteiger partial charge in [0.05, 0.1) is 5.56 Å². The second-order valence-electron chi connectivity index (χ2n) is 10.6. The molecule has 0 fully saturated rings. The molecule has 0 radical (unpaired) electrons. The minimum atomic E-state index is -0.362. The van der Waals surface area contributed by atoms with Crippen molar-refractivity contribution in [2.24, 2.45) is 0 Å². The van der Waals surface area contributed by atoms with Gasteiger partial charge in [0.1, 0.15) is 5.75 Å². The molecule has 0 unspecified atom stereocenters. The maximum atomic E-state index is 13.8. The quantitative estimate of drug-likeness (QED) is 0.277. The number of H-pyrrole nitrogens is 1. The van der Waals surface area contributed by atoms with Crippen LogP contribution in [0.5, 0.6) is 5.75 Å². The van der Waals surface area contributed by atoms with Gasteiger partial charge in [-0.3, -0.25) is 19.2 Å². The summed E-state index contributed by atoms with van der Waals surface area (Å²) in [7, 11) is 0. The lowest BCUT2D eigenvalue weighted by Gasteiger charge is -2.23. The van der Waals surface area contributed by atoms with Crippen molar-refractivity contribution in [1.82, 2.24) is 20.5 Å². The Morgan fingerprint density at radius 2 is 1.64 bits per heavy atom. The van der Waals surface area contributed by atoms with E-state index in [1.165, 1.54) is 6.07 Å². The molecule has 216 valence electrons. The van der Waals surface area contributed by atoms with Crippen LogP contribution in [0.15, 0.2) is 71.5 Å². The van der Waals surface area contributed by atoms with Gasteiger partial charge in [0.2, 0.25) is 11.5 Å². The van der Waals surface area contributed by atoms with Gasteiger partial charge in [0.25, 0.3) is 11.8 Å². The van der Waals surface area contributed by atoms with Crippen molar-refractivity contribution in [1.29, 1.82) is 0 Å².